The Morgan fingerprint density at radius 2 is 1.82 bits per heavy atom. The first kappa shape index (κ1) is 17.5. The van der Waals surface area contributed by atoms with Gasteiger partial charge >= 0.3 is 0 Å². The molecular weight excluding hydrogens is 346 g/mol. The molecule has 0 aliphatic heterocycles. The van der Waals surface area contributed by atoms with Crippen LogP contribution in [0.2, 0.25) is 0 Å². The lowest BCUT2D eigenvalue weighted by Crippen LogP contribution is -2.17. The maximum Gasteiger partial charge on any atom is 0.140 e. The van der Waals surface area contributed by atoms with E-state index in [1.54, 1.807) is 0 Å². The van der Waals surface area contributed by atoms with Crippen LogP contribution in [0.15, 0.2) is 30.6 Å². The smallest absolute Gasteiger partial charge is 0.140 e. The van der Waals surface area contributed by atoms with Gasteiger partial charge in [0.1, 0.15) is 11.5 Å². The highest BCUT2D eigenvalue weighted by Gasteiger charge is 2.16. The summed E-state index contributed by atoms with van der Waals surface area (Å²) in [7, 11) is 0. The molecule has 0 bridgehead atoms. The molecule has 3 heterocycles. The first-order chi connectivity index (χ1) is 13.8. The largest absolute Gasteiger partial charge is 0.383 e. The molecule has 0 saturated heterocycles. The van der Waals surface area contributed by atoms with Crippen LogP contribution in [0.1, 0.15) is 56.2 Å². The van der Waals surface area contributed by atoms with Crippen LogP contribution >= 0.6 is 0 Å². The molecular formula is C23H29N5. The minimum Gasteiger partial charge on any atom is -0.383 e. The summed E-state index contributed by atoms with van der Waals surface area (Å²) in [6.45, 7) is 1.05. The summed E-state index contributed by atoms with van der Waals surface area (Å²) < 4.78 is 0. The predicted molar refractivity (Wildman–Crippen MR) is 115 cm³/mol. The zero-order chi connectivity index (χ0) is 18.8. The highest BCUT2D eigenvalue weighted by Crippen LogP contribution is 2.30. The number of hydrogen-bond acceptors (Lipinski definition) is 4. The van der Waals surface area contributed by atoms with Crippen molar-refractivity contribution in [1.29, 1.82) is 0 Å². The van der Waals surface area contributed by atoms with Crippen molar-refractivity contribution in [2.75, 3.05) is 17.2 Å². The van der Waals surface area contributed by atoms with Crippen molar-refractivity contribution in [2.24, 2.45) is 5.92 Å². The number of rotatable bonds is 5. The van der Waals surface area contributed by atoms with E-state index in [1.807, 2.05) is 12.4 Å². The third-order valence-electron chi connectivity index (χ3n) is 6.29. The van der Waals surface area contributed by atoms with Crippen molar-refractivity contribution >= 4 is 28.2 Å². The number of pyridine rings is 2. The van der Waals surface area contributed by atoms with Crippen LogP contribution in [0.4, 0.5) is 17.2 Å². The number of nitrogens with one attached hydrogen (secondary N) is 3. The summed E-state index contributed by atoms with van der Waals surface area (Å²) >= 11 is 0. The Balaban J connectivity index is 1.29. The number of hydrogen-bond donors (Lipinski definition) is 3. The fraction of sp³-hybridized carbons (Fsp3) is 0.478. The van der Waals surface area contributed by atoms with Gasteiger partial charge in [-0.05, 0) is 68.2 Å². The molecule has 146 valence electrons. The number of anilines is 3. The highest BCUT2D eigenvalue weighted by atomic mass is 15.0. The Hall–Kier alpha value is -2.56. The molecule has 5 heteroatoms. The maximum absolute atomic E-state index is 4.81. The summed E-state index contributed by atoms with van der Waals surface area (Å²) in [6, 6.07) is 6.40. The molecule has 5 rings (SSSR count). The molecule has 3 aromatic rings. The molecule has 28 heavy (non-hydrogen) atoms. The predicted octanol–water partition coefficient (Wildman–Crippen LogP) is 5.57. The van der Waals surface area contributed by atoms with Gasteiger partial charge in [-0.15, -0.1) is 0 Å². The molecule has 3 N–H and O–H groups in total. The zero-order valence-corrected chi connectivity index (χ0v) is 16.4. The molecule has 1 saturated carbocycles. The van der Waals surface area contributed by atoms with Crippen molar-refractivity contribution < 1.29 is 0 Å². The maximum atomic E-state index is 4.81. The van der Waals surface area contributed by atoms with E-state index in [9.17, 15) is 0 Å². The Bertz CT molecular complexity index is 955. The van der Waals surface area contributed by atoms with Crippen molar-refractivity contribution in [2.45, 2.75) is 57.8 Å². The Morgan fingerprint density at radius 1 is 0.964 bits per heavy atom. The van der Waals surface area contributed by atoms with E-state index >= 15 is 0 Å². The fourth-order valence-corrected chi connectivity index (χ4v) is 4.76. The van der Waals surface area contributed by atoms with Gasteiger partial charge in [-0.3, -0.25) is 4.98 Å². The van der Waals surface area contributed by atoms with E-state index in [1.165, 1.54) is 68.0 Å². The zero-order valence-electron chi connectivity index (χ0n) is 16.4. The first-order valence-electron chi connectivity index (χ1n) is 10.8. The summed E-state index contributed by atoms with van der Waals surface area (Å²) in [4.78, 5) is 12.7. The fourth-order valence-electron chi connectivity index (χ4n) is 4.76. The molecule has 3 aromatic heterocycles. The van der Waals surface area contributed by atoms with E-state index in [-0.39, 0.29) is 0 Å². The lowest BCUT2D eigenvalue weighted by molar-refractivity contribution is 0.373. The van der Waals surface area contributed by atoms with Crippen LogP contribution in [0.3, 0.4) is 0 Å². The van der Waals surface area contributed by atoms with Crippen molar-refractivity contribution in [1.82, 2.24) is 15.0 Å². The van der Waals surface area contributed by atoms with Crippen LogP contribution in [-0.2, 0) is 12.8 Å². The van der Waals surface area contributed by atoms with E-state index in [2.05, 4.69) is 38.8 Å². The van der Waals surface area contributed by atoms with Gasteiger partial charge in [0.2, 0.25) is 0 Å². The second-order valence-electron chi connectivity index (χ2n) is 8.35. The summed E-state index contributed by atoms with van der Waals surface area (Å²) in [5, 5.41) is 8.27. The van der Waals surface area contributed by atoms with E-state index in [0.717, 1.165) is 41.7 Å². The van der Waals surface area contributed by atoms with Gasteiger partial charge in [-0.2, -0.15) is 0 Å². The van der Waals surface area contributed by atoms with E-state index in [0.29, 0.717) is 0 Å². The average molecular weight is 376 g/mol. The van der Waals surface area contributed by atoms with Crippen molar-refractivity contribution in [3.8, 4) is 0 Å². The number of H-pyrrole nitrogens is 1. The van der Waals surface area contributed by atoms with Gasteiger partial charge in [0.25, 0.3) is 0 Å². The van der Waals surface area contributed by atoms with Gasteiger partial charge in [-0.25, -0.2) is 4.98 Å². The van der Waals surface area contributed by atoms with Gasteiger partial charge in [0.05, 0.1) is 23.8 Å². The molecule has 2 aliphatic rings. The second kappa shape index (κ2) is 7.82. The van der Waals surface area contributed by atoms with E-state index < -0.39 is 0 Å². The van der Waals surface area contributed by atoms with Crippen LogP contribution in [0.25, 0.3) is 11.0 Å². The third kappa shape index (κ3) is 3.71. The number of aromatic amines is 1. The topological polar surface area (TPSA) is 65.6 Å². The molecule has 0 atom stereocenters. The third-order valence-corrected chi connectivity index (χ3v) is 6.29. The normalized spacial score (nSPS) is 17.4. The molecule has 0 unspecified atom stereocenters. The summed E-state index contributed by atoms with van der Waals surface area (Å²) in [6.07, 6.45) is 15.5. The molecule has 0 radical (unpaired) electrons. The SMILES string of the molecule is c1ncc(Nc2ccc3c4c([nH]c3n2)CCCC4)cc1NCC1CCCCC1. The molecule has 0 amide bonds. The summed E-state index contributed by atoms with van der Waals surface area (Å²) in [5.74, 6) is 1.66. The van der Waals surface area contributed by atoms with Crippen molar-refractivity contribution in [3.63, 3.8) is 0 Å². The number of nitrogens with zero attached hydrogens (tertiary/aromatic N) is 2. The Labute approximate surface area is 166 Å². The van der Waals surface area contributed by atoms with Gasteiger partial charge in [0, 0.05) is 17.6 Å². The monoisotopic (exact) mass is 375 g/mol. The summed E-state index contributed by atoms with van der Waals surface area (Å²) in [5.41, 5.74) is 5.89. The van der Waals surface area contributed by atoms with Crippen LogP contribution < -0.4 is 10.6 Å². The lowest BCUT2D eigenvalue weighted by atomic mass is 9.89. The molecule has 1 fully saturated rings. The standard InChI is InChI=1S/C23H29N5/c1-2-6-16(7-3-1)13-25-17-12-18(15-24-14-17)26-22-11-10-20-19-8-4-5-9-21(19)27-23(20)28-22/h10-12,14-16,25H,1-9,13H2,(H2,26,27,28). The van der Waals surface area contributed by atoms with E-state index in [4.69, 9.17) is 4.98 Å². The van der Waals surface area contributed by atoms with Crippen LogP contribution in [-0.4, -0.2) is 21.5 Å². The molecule has 0 spiro atoms. The number of fused-ring (bicyclic) bond motifs is 3. The second-order valence-corrected chi connectivity index (χ2v) is 8.35. The molecule has 2 aliphatic carbocycles. The minimum absolute atomic E-state index is 0.799. The highest BCUT2D eigenvalue weighted by molar-refractivity contribution is 5.83. The lowest BCUT2D eigenvalue weighted by Gasteiger charge is -2.22. The molecule has 0 aromatic carbocycles. The van der Waals surface area contributed by atoms with Crippen molar-refractivity contribution in [3.05, 3.63) is 41.9 Å². The van der Waals surface area contributed by atoms with Gasteiger partial charge < -0.3 is 15.6 Å². The average Bonchev–Trinajstić information content (AvgIpc) is 3.11. The number of aromatic nitrogens is 3. The van der Waals surface area contributed by atoms with Gasteiger partial charge in [-0.1, -0.05) is 19.3 Å². The number of aryl methyl sites for hydroxylation is 2. The minimum atomic E-state index is 0.799. The Morgan fingerprint density at radius 3 is 2.75 bits per heavy atom. The quantitative estimate of drug-likeness (QED) is 0.545. The van der Waals surface area contributed by atoms with Crippen LogP contribution in [0.5, 0.6) is 0 Å². The van der Waals surface area contributed by atoms with Crippen LogP contribution in [0, 0.1) is 5.92 Å². The first-order valence-corrected chi connectivity index (χ1v) is 10.8. The molecule has 5 nitrogen and oxygen atoms in total. The Kier molecular flexibility index (Phi) is 4.90. The van der Waals surface area contributed by atoms with Gasteiger partial charge in [0.15, 0.2) is 0 Å².